The molecule has 0 aliphatic carbocycles. The molecule has 5 heteroatoms. The van der Waals surface area contributed by atoms with Crippen LogP contribution in [0.3, 0.4) is 0 Å². The number of aromatic nitrogens is 2. The van der Waals surface area contributed by atoms with Gasteiger partial charge in [0.25, 0.3) is 0 Å². The highest BCUT2D eigenvalue weighted by Gasteiger charge is 2.17. The maximum Gasteiger partial charge on any atom is 0.226 e. The van der Waals surface area contributed by atoms with E-state index in [1.54, 1.807) is 0 Å². The zero-order valence-corrected chi connectivity index (χ0v) is 12.5. The summed E-state index contributed by atoms with van der Waals surface area (Å²) in [6.45, 7) is 10.5. The van der Waals surface area contributed by atoms with Gasteiger partial charge in [0.15, 0.2) is 0 Å². The molecule has 19 heavy (non-hydrogen) atoms. The predicted octanol–water partition coefficient (Wildman–Crippen LogP) is 2.36. The molecule has 0 unspecified atom stereocenters. The van der Waals surface area contributed by atoms with Crippen molar-refractivity contribution in [2.24, 2.45) is 11.1 Å². The van der Waals surface area contributed by atoms with Gasteiger partial charge in [-0.15, -0.1) is 0 Å². The summed E-state index contributed by atoms with van der Waals surface area (Å²) in [5.41, 5.74) is 6.64. The summed E-state index contributed by atoms with van der Waals surface area (Å²) in [5, 5.41) is 3.29. The van der Waals surface area contributed by atoms with Gasteiger partial charge in [-0.3, -0.25) is 0 Å². The minimum Gasteiger partial charge on any atom is -0.478 e. The van der Waals surface area contributed by atoms with E-state index in [1.807, 2.05) is 19.9 Å². The molecule has 5 nitrogen and oxygen atoms in total. The molecule has 108 valence electrons. The third-order valence-corrected chi connectivity index (χ3v) is 2.91. The van der Waals surface area contributed by atoms with E-state index in [1.165, 1.54) is 0 Å². The molecule has 0 fully saturated rings. The van der Waals surface area contributed by atoms with Crippen LogP contribution in [0.5, 0.6) is 5.88 Å². The summed E-state index contributed by atoms with van der Waals surface area (Å²) in [4.78, 5) is 8.71. The molecule has 0 spiro atoms. The van der Waals surface area contributed by atoms with Crippen LogP contribution in [-0.4, -0.2) is 29.7 Å². The van der Waals surface area contributed by atoms with E-state index in [2.05, 4.69) is 29.1 Å². The van der Waals surface area contributed by atoms with E-state index in [0.29, 0.717) is 18.4 Å². The van der Waals surface area contributed by atoms with Gasteiger partial charge in [-0.05, 0) is 38.6 Å². The van der Waals surface area contributed by atoms with Crippen molar-refractivity contribution in [1.82, 2.24) is 9.97 Å². The lowest BCUT2D eigenvalue weighted by atomic mass is 9.88. The standard InChI is InChI=1S/C14H26N4O/c1-5-19-12-9-11(2)17-13(18-12)16-10-14(3,4)7-6-8-15/h9H,5-8,10,15H2,1-4H3,(H,16,17,18). The van der Waals surface area contributed by atoms with Gasteiger partial charge in [0, 0.05) is 18.3 Å². The molecule has 0 amide bonds. The number of nitrogens with zero attached hydrogens (tertiary/aromatic N) is 2. The smallest absolute Gasteiger partial charge is 0.226 e. The third kappa shape index (κ3) is 5.87. The Hall–Kier alpha value is -1.36. The lowest BCUT2D eigenvalue weighted by Gasteiger charge is -2.24. The second-order valence-electron chi connectivity index (χ2n) is 5.51. The fourth-order valence-corrected chi connectivity index (χ4v) is 1.83. The van der Waals surface area contributed by atoms with Gasteiger partial charge < -0.3 is 15.8 Å². The Balaban J connectivity index is 2.61. The van der Waals surface area contributed by atoms with Crippen LogP contribution in [0.2, 0.25) is 0 Å². The number of nitrogens with two attached hydrogens (primary N) is 1. The highest BCUT2D eigenvalue weighted by atomic mass is 16.5. The monoisotopic (exact) mass is 266 g/mol. The lowest BCUT2D eigenvalue weighted by molar-refractivity contribution is 0.325. The van der Waals surface area contributed by atoms with Crippen LogP contribution in [0.4, 0.5) is 5.95 Å². The molecule has 0 bridgehead atoms. The third-order valence-electron chi connectivity index (χ3n) is 2.91. The maximum absolute atomic E-state index is 5.55. The fraction of sp³-hybridized carbons (Fsp3) is 0.714. The first-order chi connectivity index (χ1) is 8.96. The van der Waals surface area contributed by atoms with Crippen LogP contribution >= 0.6 is 0 Å². The number of hydrogen-bond donors (Lipinski definition) is 2. The van der Waals surface area contributed by atoms with Gasteiger partial charge >= 0.3 is 0 Å². The van der Waals surface area contributed by atoms with Crippen molar-refractivity contribution in [3.8, 4) is 5.88 Å². The van der Waals surface area contributed by atoms with E-state index in [9.17, 15) is 0 Å². The van der Waals surface area contributed by atoms with Crippen LogP contribution in [-0.2, 0) is 0 Å². The highest BCUT2D eigenvalue weighted by molar-refractivity contribution is 5.30. The molecule has 1 rings (SSSR count). The predicted molar refractivity (Wildman–Crippen MR) is 78.5 cm³/mol. The molecular weight excluding hydrogens is 240 g/mol. The van der Waals surface area contributed by atoms with Gasteiger partial charge in [0.2, 0.25) is 11.8 Å². The summed E-state index contributed by atoms with van der Waals surface area (Å²) in [6.07, 6.45) is 2.12. The van der Waals surface area contributed by atoms with Crippen molar-refractivity contribution in [2.75, 3.05) is 25.0 Å². The molecule has 0 aromatic carbocycles. The van der Waals surface area contributed by atoms with Crippen LogP contribution in [0.25, 0.3) is 0 Å². The Labute approximate surface area is 116 Å². The molecule has 0 radical (unpaired) electrons. The van der Waals surface area contributed by atoms with Crippen molar-refractivity contribution < 1.29 is 4.74 Å². The van der Waals surface area contributed by atoms with E-state index in [4.69, 9.17) is 10.5 Å². The molecule has 0 aliphatic heterocycles. The molecular formula is C14H26N4O. The van der Waals surface area contributed by atoms with Gasteiger partial charge in [-0.25, -0.2) is 4.98 Å². The molecule has 0 aliphatic rings. The van der Waals surface area contributed by atoms with Crippen molar-refractivity contribution in [3.05, 3.63) is 11.8 Å². The van der Waals surface area contributed by atoms with Crippen LogP contribution < -0.4 is 15.8 Å². The first-order valence-electron chi connectivity index (χ1n) is 6.89. The summed E-state index contributed by atoms with van der Waals surface area (Å²) in [5.74, 6) is 1.25. The Kier molecular flexibility index (Phi) is 6.02. The van der Waals surface area contributed by atoms with Crippen LogP contribution in [0.1, 0.15) is 39.3 Å². The lowest BCUT2D eigenvalue weighted by Crippen LogP contribution is -2.25. The average Bonchev–Trinajstić information content (AvgIpc) is 2.34. The quantitative estimate of drug-likeness (QED) is 0.755. The Morgan fingerprint density at radius 2 is 2.11 bits per heavy atom. The number of nitrogens with one attached hydrogen (secondary N) is 1. The van der Waals surface area contributed by atoms with Crippen molar-refractivity contribution in [1.29, 1.82) is 0 Å². The second-order valence-corrected chi connectivity index (χ2v) is 5.51. The number of anilines is 1. The molecule has 0 saturated carbocycles. The normalized spacial score (nSPS) is 11.4. The zero-order valence-electron chi connectivity index (χ0n) is 12.5. The van der Waals surface area contributed by atoms with Gasteiger partial charge in [-0.2, -0.15) is 4.98 Å². The topological polar surface area (TPSA) is 73.1 Å². The number of aryl methyl sites for hydroxylation is 1. The SMILES string of the molecule is CCOc1cc(C)nc(NCC(C)(C)CCCN)n1. The largest absolute Gasteiger partial charge is 0.478 e. The van der Waals surface area contributed by atoms with Gasteiger partial charge in [-0.1, -0.05) is 13.8 Å². The van der Waals surface area contributed by atoms with Crippen molar-refractivity contribution in [2.45, 2.75) is 40.5 Å². The summed E-state index contributed by atoms with van der Waals surface area (Å²) in [6, 6.07) is 1.84. The highest BCUT2D eigenvalue weighted by Crippen LogP contribution is 2.22. The zero-order chi connectivity index (χ0) is 14.3. The Morgan fingerprint density at radius 3 is 2.74 bits per heavy atom. The minimum absolute atomic E-state index is 0.179. The molecule has 0 atom stereocenters. The van der Waals surface area contributed by atoms with E-state index < -0.39 is 0 Å². The fourth-order valence-electron chi connectivity index (χ4n) is 1.83. The minimum atomic E-state index is 0.179. The van der Waals surface area contributed by atoms with Gasteiger partial charge in [0.1, 0.15) is 0 Å². The summed E-state index contributed by atoms with van der Waals surface area (Å²) in [7, 11) is 0. The van der Waals surface area contributed by atoms with E-state index in [0.717, 1.165) is 31.6 Å². The van der Waals surface area contributed by atoms with E-state index >= 15 is 0 Å². The average molecular weight is 266 g/mol. The van der Waals surface area contributed by atoms with E-state index in [-0.39, 0.29) is 5.41 Å². The molecule has 1 heterocycles. The first kappa shape index (κ1) is 15.7. The molecule has 1 aromatic heterocycles. The number of rotatable bonds is 8. The summed E-state index contributed by atoms with van der Waals surface area (Å²) < 4.78 is 5.42. The first-order valence-corrected chi connectivity index (χ1v) is 6.89. The second kappa shape index (κ2) is 7.28. The summed E-state index contributed by atoms with van der Waals surface area (Å²) >= 11 is 0. The Bertz CT molecular complexity index is 393. The molecule has 1 aromatic rings. The van der Waals surface area contributed by atoms with Crippen molar-refractivity contribution in [3.63, 3.8) is 0 Å². The van der Waals surface area contributed by atoms with Crippen LogP contribution in [0, 0.1) is 12.3 Å². The van der Waals surface area contributed by atoms with Crippen molar-refractivity contribution >= 4 is 5.95 Å². The van der Waals surface area contributed by atoms with Gasteiger partial charge in [0.05, 0.1) is 6.61 Å². The van der Waals surface area contributed by atoms with Crippen LogP contribution in [0.15, 0.2) is 6.07 Å². The molecule has 3 N–H and O–H groups in total. The number of hydrogen-bond acceptors (Lipinski definition) is 5. The molecule has 0 saturated heterocycles. The number of ether oxygens (including phenoxy) is 1. The Morgan fingerprint density at radius 1 is 1.37 bits per heavy atom. The maximum atomic E-state index is 5.55.